The smallest absolute Gasteiger partial charge is 0.437 e. The Labute approximate surface area is 131 Å². The van der Waals surface area contributed by atoms with Gasteiger partial charge in [-0.25, -0.2) is 4.98 Å². The molecular weight excluding hydrogens is 375 g/mol. The van der Waals surface area contributed by atoms with Crippen LogP contribution in [-0.2, 0) is 6.18 Å². The second-order valence-corrected chi connectivity index (χ2v) is 5.16. The zero-order chi connectivity index (χ0) is 15.6. The molecule has 0 fully saturated rings. The van der Waals surface area contributed by atoms with E-state index in [0.717, 1.165) is 0 Å². The summed E-state index contributed by atoms with van der Waals surface area (Å²) in [6.07, 6.45) is -4.67. The number of ether oxygens (including phenoxy) is 1. The number of halogens is 5. The van der Waals surface area contributed by atoms with Crippen molar-refractivity contribution >= 4 is 33.3 Å². The fourth-order valence-corrected chi connectivity index (χ4v) is 1.90. The number of benzene rings is 1. The molecule has 0 bridgehead atoms. The number of aromatic nitrogens is 2. The third-order valence-corrected chi connectivity index (χ3v) is 3.13. The molecule has 1 aromatic carbocycles. The van der Waals surface area contributed by atoms with Gasteiger partial charge >= 0.3 is 6.18 Å². The van der Waals surface area contributed by atoms with E-state index in [2.05, 4.69) is 31.2 Å². The molecule has 1 aromatic heterocycles. The largest absolute Gasteiger partial charge is 0.451 e. The lowest BCUT2D eigenvalue weighted by Gasteiger charge is -2.11. The number of nitrogens with one attached hydrogen (secondary N) is 1. The molecule has 21 heavy (non-hydrogen) atoms. The molecule has 0 unspecified atom stereocenters. The molecule has 2 rings (SSSR count). The summed E-state index contributed by atoms with van der Waals surface area (Å²) in [5.74, 6) is -1.39. The molecule has 0 aliphatic rings. The molecule has 9 heteroatoms. The van der Waals surface area contributed by atoms with Crippen LogP contribution in [0.3, 0.4) is 0 Å². The molecule has 4 nitrogen and oxygen atoms in total. The van der Waals surface area contributed by atoms with Crippen LogP contribution in [-0.4, -0.2) is 17.0 Å². The highest BCUT2D eigenvalue weighted by molar-refractivity contribution is 9.10. The maximum atomic E-state index is 12.7. The van der Waals surface area contributed by atoms with E-state index in [9.17, 15) is 13.2 Å². The number of nitrogens with zero attached hydrogens (tertiary/aromatic N) is 2. The Hall–Kier alpha value is -1.54. The van der Waals surface area contributed by atoms with E-state index in [0.29, 0.717) is 4.47 Å². The van der Waals surface area contributed by atoms with Gasteiger partial charge in [0, 0.05) is 17.6 Å². The van der Waals surface area contributed by atoms with Gasteiger partial charge in [0.25, 0.3) is 0 Å². The maximum absolute atomic E-state index is 12.7. The van der Waals surface area contributed by atoms with E-state index < -0.39 is 12.0 Å². The summed E-state index contributed by atoms with van der Waals surface area (Å²) in [5, 5.41) is 2.76. The van der Waals surface area contributed by atoms with Crippen LogP contribution in [0.5, 0.6) is 11.6 Å². The van der Waals surface area contributed by atoms with Gasteiger partial charge in [-0.15, -0.1) is 0 Å². The summed E-state index contributed by atoms with van der Waals surface area (Å²) in [7, 11) is 1.44. The first-order valence-electron chi connectivity index (χ1n) is 5.56. The van der Waals surface area contributed by atoms with E-state index in [4.69, 9.17) is 16.3 Å². The highest BCUT2D eigenvalue weighted by Gasteiger charge is 2.35. The Kier molecular flexibility index (Phi) is 4.58. The standard InChI is InChI=1S/C12H8BrClF3N3O/c1-18-9-5-10(20-11(19-9)12(15,16)17)21-8-4-6(13)2-3-7(8)14/h2-5H,1H3,(H,18,19,20). The normalized spacial score (nSPS) is 11.3. The summed E-state index contributed by atoms with van der Waals surface area (Å²) < 4.78 is 44.2. The monoisotopic (exact) mass is 381 g/mol. The van der Waals surface area contributed by atoms with E-state index in [1.54, 1.807) is 12.1 Å². The lowest BCUT2D eigenvalue weighted by atomic mass is 10.3. The molecule has 0 amide bonds. The molecule has 0 saturated heterocycles. The second-order valence-electron chi connectivity index (χ2n) is 3.84. The van der Waals surface area contributed by atoms with Gasteiger partial charge in [-0.3, -0.25) is 0 Å². The minimum absolute atomic E-state index is 0.0153. The van der Waals surface area contributed by atoms with Crippen LogP contribution in [0.1, 0.15) is 5.82 Å². The quantitative estimate of drug-likeness (QED) is 0.832. The molecule has 0 aliphatic carbocycles. The highest BCUT2D eigenvalue weighted by atomic mass is 79.9. The van der Waals surface area contributed by atoms with E-state index in [-0.39, 0.29) is 22.5 Å². The minimum Gasteiger partial charge on any atom is -0.437 e. The van der Waals surface area contributed by atoms with Crippen LogP contribution >= 0.6 is 27.5 Å². The summed E-state index contributed by atoms with van der Waals surface area (Å²) in [5.41, 5.74) is 0. The molecule has 2 aromatic rings. The van der Waals surface area contributed by atoms with Gasteiger partial charge in [0.15, 0.2) is 0 Å². The topological polar surface area (TPSA) is 47.0 Å². The van der Waals surface area contributed by atoms with Crippen LogP contribution in [0, 0.1) is 0 Å². The predicted molar refractivity (Wildman–Crippen MR) is 75.8 cm³/mol. The van der Waals surface area contributed by atoms with Crippen molar-refractivity contribution in [3.05, 3.63) is 39.6 Å². The first kappa shape index (κ1) is 15.8. The first-order valence-corrected chi connectivity index (χ1v) is 6.73. The number of anilines is 1. The van der Waals surface area contributed by atoms with Crippen molar-refractivity contribution in [3.63, 3.8) is 0 Å². The van der Waals surface area contributed by atoms with Gasteiger partial charge in [-0.05, 0) is 18.2 Å². The predicted octanol–water partition coefficient (Wildman–Crippen LogP) is 4.75. The van der Waals surface area contributed by atoms with Gasteiger partial charge in [-0.1, -0.05) is 27.5 Å². The Morgan fingerprint density at radius 3 is 2.57 bits per heavy atom. The van der Waals surface area contributed by atoms with Crippen molar-refractivity contribution in [1.29, 1.82) is 0 Å². The molecule has 1 heterocycles. The van der Waals surface area contributed by atoms with Gasteiger partial charge < -0.3 is 10.1 Å². The molecule has 0 saturated carbocycles. The first-order chi connectivity index (χ1) is 9.79. The van der Waals surface area contributed by atoms with Crippen molar-refractivity contribution in [2.24, 2.45) is 0 Å². The van der Waals surface area contributed by atoms with Crippen LogP contribution in [0.4, 0.5) is 19.0 Å². The maximum Gasteiger partial charge on any atom is 0.451 e. The second kappa shape index (κ2) is 6.07. The fourth-order valence-electron chi connectivity index (χ4n) is 1.40. The molecule has 0 atom stereocenters. The Bertz CT molecular complexity index is 667. The van der Waals surface area contributed by atoms with Crippen molar-refractivity contribution in [2.45, 2.75) is 6.18 Å². The molecule has 0 spiro atoms. The third kappa shape index (κ3) is 3.98. The lowest BCUT2D eigenvalue weighted by Crippen LogP contribution is -2.12. The van der Waals surface area contributed by atoms with Crippen molar-refractivity contribution in [2.75, 3.05) is 12.4 Å². The number of hydrogen-bond donors (Lipinski definition) is 1. The lowest BCUT2D eigenvalue weighted by molar-refractivity contribution is -0.145. The Morgan fingerprint density at radius 1 is 1.24 bits per heavy atom. The van der Waals surface area contributed by atoms with Crippen LogP contribution in [0.15, 0.2) is 28.7 Å². The molecule has 0 radical (unpaired) electrons. The minimum atomic E-state index is -4.67. The summed E-state index contributed by atoms with van der Waals surface area (Å²) in [6, 6.07) is 5.99. The van der Waals surface area contributed by atoms with Gasteiger partial charge in [-0.2, -0.15) is 18.2 Å². The van der Waals surface area contributed by atoms with E-state index in [1.165, 1.54) is 19.2 Å². The number of alkyl halides is 3. The summed E-state index contributed by atoms with van der Waals surface area (Å²) in [4.78, 5) is 6.68. The number of rotatable bonds is 3. The molecule has 112 valence electrons. The fraction of sp³-hybridized carbons (Fsp3) is 0.167. The SMILES string of the molecule is CNc1cc(Oc2cc(Br)ccc2Cl)nc(C(F)(F)F)n1. The van der Waals surface area contributed by atoms with Crippen molar-refractivity contribution < 1.29 is 17.9 Å². The third-order valence-electron chi connectivity index (χ3n) is 2.32. The molecule has 1 N–H and O–H groups in total. The molecular formula is C12H8BrClF3N3O. The Balaban J connectivity index is 2.42. The van der Waals surface area contributed by atoms with Crippen LogP contribution < -0.4 is 10.1 Å². The average Bonchev–Trinajstić information content (AvgIpc) is 2.41. The van der Waals surface area contributed by atoms with Crippen LogP contribution in [0.25, 0.3) is 0 Å². The van der Waals surface area contributed by atoms with Gasteiger partial charge in [0.1, 0.15) is 11.6 Å². The average molecular weight is 383 g/mol. The van der Waals surface area contributed by atoms with E-state index in [1.807, 2.05) is 0 Å². The van der Waals surface area contributed by atoms with Crippen molar-refractivity contribution in [1.82, 2.24) is 9.97 Å². The van der Waals surface area contributed by atoms with Crippen molar-refractivity contribution in [3.8, 4) is 11.6 Å². The number of hydrogen-bond acceptors (Lipinski definition) is 4. The molecule has 0 aliphatic heterocycles. The van der Waals surface area contributed by atoms with E-state index >= 15 is 0 Å². The zero-order valence-corrected chi connectivity index (χ0v) is 12.8. The Morgan fingerprint density at radius 2 is 1.95 bits per heavy atom. The highest BCUT2D eigenvalue weighted by Crippen LogP contribution is 2.34. The van der Waals surface area contributed by atoms with Gasteiger partial charge in [0.2, 0.25) is 11.7 Å². The van der Waals surface area contributed by atoms with Crippen LogP contribution in [0.2, 0.25) is 5.02 Å². The van der Waals surface area contributed by atoms with Gasteiger partial charge in [0.05, 0.1) is 5.02 Å². The zero-order valence-electron chi connectivity index (χ0n) is 10.5. The summed E-state index contributed by atoms with van der Waals surface area (Å²) >= 11 is 9.14. The summed E-state index contributed by atoms with van der Waals surface area (Å²) in [6.45, 7) is 0.